The Kier molecular flexibility index (Phi) is 7.66. The van der Waals surface area contributed by atoms with E-state index in [9.17, 15) is 9.90 Å². The quantitative estimate of drug-likeness (QED) is 0.184. The van der Waals surface area contributed by atoms with Gasteiger partial charge in [-0.25, -0.2) is 19.6 Å². The van der Waals surface area contributed by atoms with Gasteiger partial charge in [0.25, 0.3) is 5.56 Å². The largest absolute Gasteiger partial charge is 0.508 e. The van der Waals surface area contributed by atoms with E-state index in [-0.39, 0.29) is 23.7 Å². The third kappa shape index (κ3) is 5.73. The molecule has 10 heteroatoms. The Morgan fingerprint density at radius 3 is 2.64 bits per heavy atom. The molecule has 0 aliphatic heterocycles. The number of phenols is 1. The lowest BCUT2D eigenvalue weighted by Gasteiger charge is -2.18. The summed E-state index contributed by atoms with van der Waals surface area (Å²) in [6.07, 6.45) is 7.23. The van der Waals surface area contributed by atoms with Crippen LogP contribution in [0, 0.1) is 17.8 Å². The van der Waals surface area contributed by atoms with E-state index in [2.05, 4.69) is 26.8 Å². The zero-order valence-electron chi connectivity index (χ0n) is 24.4. The Bertz CT molecular complexity index is 2160. The lowest BCUT2D eigenvalue weighted by Crippen LogP contribution is -2.20. The molecule has 1 atom stereocenters. The van der Waals surface area contributed by atoms with Crippen LogP contribution in [0.15, 0.2) is 77.9 Å². The van der Waals surface area contributed by atoms with Crippen molar-refractivity contribution in [3.8, 4) is 28.8 Å². The number of rotatable bonds is 6. The van der Waals surface area contributed by atoms with Crippen LogP contribution in [0.4, 0.5) is 5.82 Å². The number of nitrogen functional groups attached to an aromatic ring is 1. The number of benzene rings is 3. The van der Waals surface area contributed by atoms with Crippen LogP contribution in [0.2, 0.25) is 5.02 Å². The van der Waals surface area contributed by atoms with Crippen molar-refractivity contribution >= 4 is 39.4 Å². The van der Waals surface area contributed by atoms with Gasteiger partial charge in [-0.3, -0.25) is 4.79 Å². The van der Waals surface area contributed by atoms with Crippen molar-refractivity contribution in [1.29, 1.82) is 0 Å². The molecule has 1 aliphatic rings. The third-order valence-corrected chi connectivity index (χ3v) is 8.71. The minimum absolute atomic E-state index is 0.141. The second-order valence-electron chi connectivity index (χ2n) is 11.4. The highest BCUT2D eigenvalue weighted by Crippen LogP contribution is 2.34. The summed E-state index contributed by atoms with van der Waals surface area (Å²) >= 11 is 6.45. The van der Waals surface area contributed by atoms with Crippen LogP contribution in [0.1, 0.15) is 55.0 Å². The second kappa shape index (κ2) is 12.1. The average molecular weight is 616 g/mol. The summed E-state index contributed by atoms with van der Waals surface area (Å²) in [4.78, 5) is 30.5. The number of aromatic amines is 1. The summed E-state index contributed by atoms with van der Waals surface area (Å²) in [5, 5.41) is 16.4. The molecule has 0 saturated heterocycles. The maximum atomic E-state index is 13.7. The Labute approximate surface area is 264 Å². The van der Waals surface area contributed by atoms with Crippen LogP contribution in [-0.2, 0) is 6.54 Å². The normalized spacial score (nSPS) is 14.1. The fourth-order valence-corrected chi connectivity index (χ4v) is 6.41. The number of nitrogens with two attached hydrogens (primary N) is 1. The van der Waals surface area contributed by atoms with Crippen LogP contribution < -0.4 is 11.3 Å². The molecule has 0 amide bonds. The molecular weight excluding hydrogens is 586 g/mol. The molecular formula is C35H30ClN7O2. The number of hydrogen-bond donors (Lipinski definition) is 3. The van der Waals surface area contributed by atoms with Crippen LogP contribution in [0.5, 0.6) is 5.75 Å². The Morgan fingerprint density at radius 2 is 1.84 bits per heavy atom. The molecule has 1 fully saturated rings. The van der Waals surface area contributed by atoms with Gasteiger partial charge in [0.05, 0.1) is 28.8 Å². The standard InChI is InChI=1S/C35H30ClN7O2/c36-25-12-4-11-24(18-25)27(19-43-34-30(32(37)38-20-39-34)31(42-43)23-14-16-26(44)17-15-23)33-40-28-13-5-10-22(29(28)35(45)41-33)9-3-8-21-6-1-2-7-21/h4-5,10-18,20-21,27,44H,1-2,6-8,19H2,(H2,37,38,39)(H,40,41,45). The maximum Gasteiger partial charge on any atom is 0.260 e. The van der Waals surface area contributed by atoms with E-state index in [0.29, 0.717) is 50.0 Å². The number of nitrogens with one attached hydrogen (secondary N) is 1. The second-order valence-corrected chi connectivity index (χ2v) is 11.9. The molecule has 3 aromatic carbocycles. The highest BCUT2D eigenvalue weighted by molar-refractivity contribution is 6.30. The van der Waals surface area contributed by atoms with Crippen LogP contribution >= 0.6 is 11.6 Å². The molecule has 0 bridgehead atoms. The smallest absolute Gasteiger partial charge is 0.260 e. The average Bonchev–Trinajstić information content (AvgIpc) is 3.69. The zero-order chi connectivity index (χ0) is 30.9. The molecule has 0 spiro atoms. The van der Waals surface area contributed by atoms with Gasteiger partial charge in [0.2, 0.25) is 0 Å². The van der Waals surface area contributed by atoms with Crippen molar-refractivity contribution in [3.63, 3.8) is 0 Å². The number of hydrogen-bond acceptors (Lipinski definition) is 7. The highest BCUT2D eigenvalue weighted by atomic mass is 35.5. The molecule has 0 radical (unpaired) electrons. The van der Waals surface area contributed by atoms with Crippen molar-refractivity contribution in [2.24, 2.45) is 5.92 Å². The molecule has 45 heavy (non-hydrogen) atoms. The number of aromatic hydroxyl groups is 1. The summed E-state index contributed by atoms with van der Waals surface area (Å²) in [6, 6.07) is 19.8. The number of phenolic OH excluding ortho intramolecular Hbond substituents is 1. The van der Waals surface area contributed by atoms with Crippen molar-refractivity contribution in [1.82, 2.24) is 29.7 Å². The fourth-order valence-electron chi connectivity index (χ4n) is 6.21. The van der Waals surface area contributed by atoms with E-state index >= 15 is 0 Å². The van der Waals surface area contributed by atoms with Crippen molar-refractivity contribution < 1.29 is 5.11 Å². The topological polar surface area (TPSA) is 136 Å². The SMILES string of the molecule is Nc1ncnc2c1c(-c1ccc(O)cc1)nn2CC(c1cccc(Cl)c1)c1nc2cccc(C#CCC3CCCC3)c2c(=O)[nH]1. The summed E-state index contributed by atoms with van der Waals surface area (Å²) < 4.78 is 1.75. The number of halogens is 1. The molecule has 3 aromatic heterocycles. The zero-order valence-corrected chi connectivity index (χ0v) is 25.1. The van der Waals surface area contributed by atoms with Crippen LogP contribution in [-0.4, -0.2) is 34.8 Å². The van der Waals surface area contributed by atoms with Gasteiger partial charge in [0.15, 0.2) is 5.65 Å². The summed E-state index contributed by atoms with van der Waals surface area (Å²) in [7, 11) is 0. The van der Waals surface area contributed by atoms with Crippen molar-refractivity contribution in [2.75, 3.05) is 5.73 Å². The van der Waals surface area contributed by atoms with Gasteiger partial charge in [-0.2, -0.15) is 5.10 Å². The fraction of sp³-hybridized carbons (Fsp3) is 0.229. The van der Waals surface area contributed by atoms with E-state index in [1.807, 2.05) is 36.4 Å². The first-order valence-electron chi connectivity index (χ1n) is 15.0. The summed E-state index contributed by atoms with van der Waals surface area (Å²) in [5.74, 6) is 7.63. The van der Waals surface area contributed by atoms with E-state index in [4.69, 9.17) is 27.4 Å². The first kappa shape index (κ1) is 28.6. The lowest BCUT2D eigenvalue weighted by atomic mass is 9.97. The Hall–Kier alpha value is -5.20. The lowest BCUT2D eigenvalue weighted by molar-refractivity contribution is 0.475. The minimum Gasteiger partial charge on any atom is -0.508 e. The predicted molar refractivity (Wildman–Crippen MR) is 176 cm³/mol. The number of H-pyrrole nitrogens is 1. The number of aromatic nitrogens is 6. The van der Waals surface area contributed by atoms with Crippen molar-refractivity contribution in [3.05, 3.63) is 105 Å². The predicted octanol–water partition coefficient (Wildman–Crippen LogP) is 6.43. The molecule has 6 aromatic rings. The Morgan fingerprint density at radius 1 is 1.04 bits per heavy atom. The molecule has 1 aliphatic carbocycles. The van der Waals surface area contributed by atoms with Crippen molar-refractivity contribution in [2.45, 2.75) is 44.6 Å². The molecule has 3 heterocycles. The number of nitrogens with zero attached hydrogens (tertiary/aromatic N) is 5. The van der Waals surface area contributed by atoms with Gasteiger partial charge in [-0.05, 0) is 72.9 Å². The summed E-state index contributed by atoms with van der Waals surface area (Å²) in [5.41, 5.74) is 10.0. The monoisotopic (exact) mass is 615 g/mol. The Balaban J connectivity index is 1.33. The van der Waals surface area contributed by atoms with Gasteiger partial charge in [0.1, 0.15) is 29.4 Å². The first-order chi connectivity index (χ1) is 21.9. The van der Waals surface area contributed by atoms with Crippen LogP contribution in [0.3, 0.4) is 0 Å². The van der Waals surface area contributed by atoms with E-state index in [1.165, 1.54) is 32.0 Å². The van der Waals surface area contributed by atoms with Gasteiger partial charge >= 0.3 is 0 Å². The third-order valence-electron chi connectivity index (χ3n) is 8.48. The van der Waals surface area contributed by atoms with Gasteiger partial charge in [0, 0.05) is 22.6 Å². The number of anilines is 1. The summed E-state index contributed by atoms with van der Waals surface area (Å²) in [6.45, 7) is 0.265. The molecule has 1 unspecified atom stereocenters. The van der Waals surface area contributed by atoms with E-state index in [0.717, 1.165) is 17.5 Å². The molecule has 9 nitrogen and oxygen atoms in total. The van der Waals surface area contributed by atoms with Gasteiger partial charge in [-0.15, -0.1) is 0 Å². The molecule has 224 valence electrons. The maximum absolute atomic E-state index is 13.7. The van der Waals surface area contributed by atoms with E-state index in [1.54, 1.807) is 35.0 Å². The number of fused-ring (bicyclic) bond motifs is 2. The molecule has 1 saturated carbocycles. The van der Waals surface area contributed by atoms with E-state index < -0.39 is 5.92 Å². The molecule has 4 N–H and O–H groups in total. The minimum atomic E-state index is -0.454. The van der Waals surface area contributed by atoms with Gasteiger partial charge < -0.3 is 15.8 Å². The highest BCUT2D eigenvalue weighted by Gasteiger charge is 2.24. The molecule has 7 rings (SSSR count). The first-order valence-corrected chi connectivity index (χ1v) is 15.4. The van der Waals surface area contributed by atoms with Gasteiger partial charge in [-0.1, -0.05) is 54.5 Å². The van der Waals surface area contributed by atoms with Crippen LogP contribution in [0.25, 0.3) is 33.2 Å².